The molecule has 4 N–H and O–H groups in total. The molecule has 0 spiro atoms. The number of nitrogens with two attached hydrogens (primary N) is 1. The van der Waals surface area contributed by atoms with Gasteiger partial charge in [-0.3, -0.25) is 10.1 Å². The Balaban J connectivity index is 1.56. The number of imide groups is 1. The zero-order valence-electron chi connectivity index (χ0n) is 9.95. The van der Waals surface area contributed by atoms with Crippen LogP contribution in [0.1, 0.15) is 19.3 Å². The van der Waals surface area contributed by atoms with Crippen LogP contribution in [0.15, 0.2) is 0 Å². The molecule has 2 aliphatic rings. The summed E-state index contributed by atoms with van der Waals surface area (Å²) in [5.74, 6) is 0.256. The van der Waals surface area contributed by atoms with Crippen molar-refractivity contribution >= 4 is 11.9 Å². The van der Waals surface area contributed by atoms with Crippen molar-refractivity contribution in [1.82, 2.24) is 15.5 Å². The Morgan fingerprint density at radius 3 is 2.71 bits per heavy atom. The van der Waals surface area contributed by atoms with Crippen LogP contribution >= 0.6 is 0 Å². The van der Waals surface area contributed by atoms with Crippen molar-refractivity contribution in [2.75, 3.05) is 26.2 Å². The number of likely N-dealkylation sites (tertiary alicyclic amines) is 1. The van der Waals surface area contributed by atoms with Gasteiger partial charge in [0.1, 0.15) is 0 Å². The molecule has 1 atom stereocenters. The number of nitrogens with zero attached hydrogens (tertiary/aromatic N) is 1. The largest absolute Gasteiger partial charge is 0.351 e. The first kappa shape index (κ1) is 12.3. The zero-order chi connectivity index (χ0) is 12.3. The van der Waals surface area contributed by atoms with E-state index in [2.05, 4.69) is 10.2 Å². The number of primary amides is 1. The van der Waals surface area contributed by atoms with E-state index < -0.39 is 6.03 Å². The predicted octanol–water partition coefficient (Wildman–Crippen LogP) is -0.745. The summed E-state index contributed by atoms with van der Waals surface area (Å²) in [6, 6.07) is 0.0377. The highest BCUT2D eigenvalue weighted by atomic mass is 16.2. The van der Waals surface area contributed by atoms with Gasteiger partial charge >= 0.3 is 6.03 Å². The third-order valence-electron chi connectivity index (χ3n) is 3.36. The quantitative estimate of drug-likeness (QED) is 0.590. The van der Waals surface area contributed by atoms with Crippen LogP contribution in [0.2, 0.25) is 0 Å². The maximum atomic E-state index is 11.1. The maximum Gasteiger partial charge on any atom is 0.318 e. The molecule has 2 rings (SSSR count). The number of nitrogens with one attached hydrogen (secondary N) is 2. The number of carbonyl (C=O) groups excluding carboxylic acids is 2. The normalized spacial score (nSPS) is 24.8. The smallest absolute Gasteiger partial charge is 0.318 e. The molecule has 0 aromatic carbocycles. The van der Waals surface area contributed by atoms with Crippen LogP contribution in [0.4, 0.5) is 4.79 Å². The molecule has 1 unspecified atom stereocenters. The third-order valence-corrected chi connectivity index (χ3v) is 3.36. The summed E-state index contributed by atoms with van der Waals surface area (Å²) in [4.78, 5) is 24.1. The van der Waals surface area contributed by atoms with E-state index in [0.29, 0.717) is 5.92 Å². The topological polar surface area (TPSA) is 87.5 Å². The number of rotatable bonds is 5. The van der Waals surface area contributed by atoms with Crippen LogP contribution in [0.5, 0.6) is 0 Å². The van der Waals surface area contributed by atoms with Gasteiger partial charge in [-0.2, -0.15) is 0 Å². The molecular weight excluding hydrogens is 220 g/mol. The van der Waals surface area contributed by atoms with Gasteiger partial charge in [-0.05, 0) is 38.3 Å². The summed E-state index contributed by atoms with van der Waals surface area (Å²) in [7, 11) is 0. The molecule has 2 fully saturated rings. The van der Waals surface area contributed by atoms with Gasteiger partial charge in [0, 0.05) is 12.6 Å². The highest BCUT2D eigenvalue weighted by Crippen LogP contribution is 2.31. The molecule has 0 aromatic heterocycles. The first-order valence-corrected chi connectivity index (χ1v) is 6.19. The molecule has 1 saturated heterocycles. The average molecular weight is 240 g/mol. The van der Waals surface area contributed by atoms with Crippen molar-refractivity contribution in [1.29, 1.82) is 0 Å². The minimum Gasteiger partial charge on any atom is -0.351 e. The SMILES string of the molecule is NC(=O)NC(=O)CNCC1CCN(C2CC2)C1. The van der Waals surface area contributed by atoms with Crippen LogP contribution in [0, 0.1) is 5.92 Å². The van der Waals surface area contributed by atoms with Gasteiger partial charge < -0.3 is 16.0 Å². The molecule has 0 aromatic rings. The predicted molar refractivity (Wildman–Crippen MR) is 63.3 cm³/mol. The Morgan fingerprint density at radius 1 is 1.29 bits per heavy atom. The standard InChI is InChI=1S/C11H20N4O2/c12-11(17)14-10(16)6-13-5-8-3-4-15(7-8)9-1-2-9/h8-9,13H,1-7H2,(H3,12,14,16,17). The van der Waals surface area contributed by atoms with E-state index in [9.17, 15) is 9.59 Å². The van der Waals surface area contributed by atoms with Crippen molar-refractivity contribution < 1.29 is 9.59 Å². The van der Waals surface area contributed by atoms with Gasteiger partial charge in [-0.25, -0.2) is 4.79 Å². The zero-order valence-corrected chi connectivity index (χ0v) is 9.95. The van der Waals surface area contributed by atoms with E-state index >= 15 is 0 Å². The van der Waals surface area contributed by atoms with Gasteiger partial charge in [0.15, 0.2) is 0 Å². The minimum atomic E-state index is -0.794. The van der Waals surface area contributed by atoms with Crippen LogP contribution in [-0.4, -0.2) is 49.1 Å². The number of hydrogen-bond acceptors (Lipinski definition) is 4. The molecule has 1 aliphatic heterocycles. The van der Waals surface area contributed by atoms with Crippen molar-refractivity contribution in [2.45, 2.75) is 25.3 Å². The Bertz CT molecular complexity index is 304. The van der Waals surface area contributed by atoms with Crippen molar-refractivity contribution in [2.24, 2.45) is 11.7 Å². The molecule has 0 bridgehead atoms. The summed E-state index contributed by atoms with van der Waals surface area (Å²) in [6.45, 7) is 3.30. The monoisotopic (exact) mass is 240 g/mol. The number of urea groups is 1. The van der Waals surface area contributed by atoms with E-state index in [1.165, 1.54) is 25.8 Å². The fourth-order valence-electron chi connectivity index (χ4n) is 2.37. The van der Waals surface area contributed by atoms with E-state index in [0.717, 1.165) is 19.1 Å². The Labute approximate surface area is 101 Å². The maximum absolute atomic E-state index is 11.1. The van der Waals surface area contributed by atoms with E-state index in [1.807, 2.05) is 5.32 Å². The lowest BCUT2D eigenvalue weighted by atomic mass is 10.1. The second kappa shape index (κ2) is 5.46. The summed E-state index contributed by atoms with van der Waals surface area (Å²) < 4.78 is 0. The molecular formula is C11H20N4O2. The fourth-order valence-corrected chi connectivity index (χ4v) is 2.37. The van der Waals surface area contributed by atoms with Crippen LogP contribution < -0.4 is 16.4 Å². The first-order chi connectivity index (χ1) is 8.15. The second-order valence-corrected chi connectivity index (χ2v) is 4.92. The van der Waals surface area contributed by atoms with Gasteiger partial charge in [0.2, 0.25) is 5.91 Å². The average Bonchev–Trinajstić information content (AvgIpc) is 2.99. The third kappa shape index (κ3) is 3.98. The molecule has 0 radical (unpaired) electrons. The fraction of sp³-hybridized carbons (Fsp3) is 0.818. The summed E-state index contributed by atoms with van der Waals surface area (Å²) >= 11 is 0. The molecule has 1 aliphatic carbocycles. The summed E-state index contributed by atoms with van der Waals surface area (Å²) in [5.41, 5.74) is 4.84. The summed E-state index contributed by atoms with van der Waals surface area (Å²) in [5, 5.41) is 5.10. The Kier molecular flexibility index (Phi) is 3.96. The number of amides is 3. The van der Waals surface area contributed by atoms with Gasteiger partial charge in [-0.1, -0.05) is 0 Å². The number of carbonyl (C=O) groups is 2. The second-order valence-electron chi connectivity index (χ2n) is 4.92. The lowest BCUT2D eigenvalue weighted by Gasteiger charge is -2.14. The molecule has 6 nitrogen and oxygen atoms in total. The number of hydrogen-bond donors (Lipinski definition) is 3. The van der Waals surface area contributed by atoms with Crippen LogP contribution in [0.25, 0.3) is 0 Å². The summed E-state index contributed by atoms with van der Waals surface area (Å²) in [6.07, 6.45) is 3.89. The lowest BCUT2D eigenvalue weighted by molar-refractivity contribution is -0.119. The van der Waals surface area contributed by atoms with Gasteiger partial charge in [0.25, 0.3) is 0 Å². The van der Waals surface area contributed by atoms with E-state index in [1.54, 1.807) is 0 Å². The van der Waals surface area contributed by atoms with Gasteiger partial charge in [-0.15, -0.1) is 0 Å². The highest BCUT2D eigenvalue weighted by Gasteiger charge is 2.33. The van der Waals surface area contributed by atoms with Crippen molar-refractivity contribution in [3.05, 3.63) is 0 Å². The van der Waals surface area contributed by atoms with E-state index in [4.69, 9.17) is 5.73 Å². The van der Waals surface area contributed by atoms with Crippen molar-refractivity contribution in [3.63, 3.8) is 0 Å². The first-order valence-electron chi connectivity index (χ1n) is 6.19. The molecule has 1 saturated carbocycles. The van der Waals surface area contributed by atoms with Gasteiger partial charge in [0.05, 0.1) is 6.54 Å². The van der Waals surface area contributed by atoms with Crippen molar-refractivity contribution in [3.8, 4) is 0 Å². The molecule has 96 valence electrons. The minimum absolute atomic E-state index is 0.156. The molecule has 1 heterocycles. The Hall–Kier alpha value is -1.14. The van der Waals surface area contributed by atoms with Crippen LogP contribution in [-0.2, 0) is 4.79 Å². The van der Waals surface area contributed by atoms with E-state index in [-0.39, 0.29) is 12.5 Å². The lowest BCUT2D eigenvalue weighted by Crippen LogP contribution is -2.41. The molecule has 6 heteroatoms. The highest BCUT2D eigenvalue weighted by molar-refractivity contribution is 5.94. The molecule has 3 amide bonds. The Morgan fingerprint density at radius 2 is 2.06 bits per heavy atom. The molecule has 17 heavy (non-hydrogen) atoms. The van der Waals surface area contributed by atoms with Crippen LogP contribution in [0.3, 0.4) is 0 Å².